The molecule has 19 heavy (non-hydrogen) atoms. The number of hydrogen-bond donors (Lipinski definition) is 1. The van der Waals surface area contributed by atoms with E-state index < -0.39 is 6.24 Å². The zero-order valence-corrected chi connectivity index (χ0v) is 15.8. The molecule has 1 unspecified atom stereocenters. The first kappa shape index (κ1) is 16.8. The molecule has 1 N–H and O–H groups in total. The summed E-state index contributed by atoms with van der Waals surface area (Å²) in [6, 6.07) is 5.89. The minimum absolute atomic E-state index is 0.0441. The van der Waals surface area contributed by atoms with Crippen LogP contribution in [0.4, 0.5) is 0 Å². The van der Waals surface area contributed by atoms with Crippen molar-refractivity contribution < 1.29 is 14.0 Å². The highest BCUT2D eigenvalue weighted by Crippen LogP contribution is 2.43. The van der Waals surface area contributed by atoms with Crippen LogP contribution in [0, 0.1) is 0 Å². The van der Waals surface area contributed by atoms with Gasteiger partial charge in [-0.05, 0) is 22.5 Å². The molecule has 0 saturated heterocycles. The molecule has 1 rings (SSSR count). The van der Waals surface area contributed by atoms with Gasteiger partial charge >= 0.3 is 15.8 Å². The minimum atomic E-state index is -3.40. The van der Waals surface area contributed by atoms with Gasteiger partial charge in [0.25, 0.3) is 6.24 Å². The Hall–Kier alpha value is -0.258. The van der Waals surface area contributed by atoms with Crippen molar-refractivity contribution in [2.75, 3.05) is 0 Å². The van der Waals surface area contributed by atoms with Crippen molar-refractivity contribution in [3.05, 3.63) is 29.3 Å². The van der Waals surface area contributed by atoms with Crippen LogP contribution in [0.25, 0.3) is 0 Å². The molecule has 0 saturated carbocycles. The largest absolute Gasteiger partial charge is 0.438 e. The van der Waals surface area contributed by atoms with E-state index in [2.05, 4.69) is 47.6 Å². The summed E-state index contributed by atoms with van der Waals surface area (Å²) in [5.74, 6) is 0.529. The van der Waals surface area contributed by atoms with E-state index in [1.54, 1.807) is 0 Å². The Balaban J connectivity index is 3.38. The zero-order chi connectivity index (χ0) is 15.1. The van der Waals surface area contributed by atoms with Crippen molar-refractivity contribution in [2.45, 2.75) is 52.4 Å². The first-order valence-electron chi connectivity index (χ1n) is 6.45. The van der Waals surface area contributed by atoms with Gasteiger partial charge in [-0.15, -0.1) is 0 Å². The van der Waals surface area contributed by atoms with Crippen LogP contribution in [0.5, 0.6) is 5.75 Å². The maximum absolute atomic E-state index is 11.5. The second kappa shape index (κ2) is 5.26. The van der Waals surface area contributed by atoms with Crippen LogP contribution < -0.4 is 4.52 Å². The third-order valence-corrected chi connectivity index (χ3v) is 4.00. The van der Waals surface area contributed by atoms with E-state index in [0.717, 1.165) is 5.56 Å². The number of hydrogen-bond acceptors (Lipinski definition) is 2. The van der Waals surface area contributed by atoms with E-state index in [4.69, 9.17) is 4.52 Å². The van der Waals surface area contributed by atoms with Crippen LogP contribution in [0.3, 0.4) is 0 Å². The van der Waals surface area contributed by atoms with Crippen molar-refractivity contribution in [3.63, 3.8) is 0 Å². The van der Waals surface area contributed by atoms with Crippen LogP contribution in [-0.4, -0.2) is 20.7 Å². The molecule has 0 heterocycles. The second-order valence-electron chi connectivity index (χ2n) is 7.11. The highest BCUT2D eigenvalue weighted by molar-refractivity contribution is 7.79. The second-order valence-corrected chi connectivity index (χ2v) is 12.3. The topological polar surface area (TPSA) is 46.5 Å². The summed E-state index contributed by atoms with van der Waals surface area (Å²) < 4.78 is 16.8. The van der Waals surface area contributed by atoms with Gasteiger partial charge < -0.3 is 9.42 Å². The minimum Gasteiger partial charge on any atom is -0.438 e. The van der Waals surface area contributed by atoms with Gasteiger partial charge in [0, 0.05) is 5.56 Å². The average molecular weight is 298 g/mol. The van der Waals surface area contributed by atoms with E-state index in [0.29, 0.717) is 5.75 Å². The molecule has 0 aliphatic heterocycles. The van der Waals surface area contributed by atoms with E-state index in [9.17, 15) is 9.46 Å². The molecule has 0 aliphatic rings. The quantitative estimate of drug-likeness (QED) is 0.672. The number of benzene rings is 1. The molecular formula is C14H24AlO3P. The van der Waals surface area contributed by atoms with Gasteiger partial charge in [-0.1, -0.05) is 53.7 Å². The van der Waals surface area contributed by atoms with Crippen molar-refractivity contribution in [1.82, 2.24) is 0 Å². The summed E-state index contributed by atoms with van der Waals surface area (Å²) in [5.41, 5.74) is 2.09. The summed E-state index contributed by atoms with van der Waals surface area (Å²) in [6.07, 6.45) is -3.40. The van der Waals surface area contributed by atoms with Crippen LogP contribution in [-0.2, 0) is 15.4 Å². The Kier molecular flexibility index (Phi) is 4.65. The van der Waals surface area contributed by atoms with E-state index >= 15 is 0 Å². The first-order valence-corrected chi connectivity index (χ1v) is 11.2. The maximum atomic E-state index is 11.5. The molecule has 0 amide bonds. The van der Waals surface area contributed by atoms with Crippen LogP contribution >= 0.6 is 6.24 Å². The van der Waals surface area contributed by atoms with Gasteiger partial charge in [-0.3, -0.25) is 4.57 Å². The molecule has 0 radical (unpaired) electrons. The van der Waals surface area contributed by atoms with Crippen LogP contribution in [0.15, 0.2) is 18.2 Å². The van der Waals surface area contributed by atoms with Gasteiger partial charge in [0.1, 0.15) is 5.75 Å². The fourth-order valence-corrected chi connectivity index (χ4v) is 2.96. The zero-order valence-electron chi connectivity index (χ0n) is 12.9. The lowest BCUT2D eigenvalue weighted by Crippen LogP contribution is -2.17. The fraction of sp³-hybridized carbons (Fsp3) is 0.571. The SMILES string of the molecule is CC(C)(C)c1ccc(O[P](=O)(O)[AlH2])c(C(C)(C)C)c1. The normalized spacial score (nSPS) is 15.9. The van der Waals surface area contributed by atoms with Crippen molar-refractivity contribution in [2.24, 2.45) is 0 Å². The highest BCUT2D eigenvalue weighted by atomic mass is 31.4. The lowest BCUT2D eigenvalue weighted by atomic mass is 9.80. The van der Waals surface area contributed by atoms with Gasteiger partial charge in [-0.25, -0.2) is 0 Å². The molecule has 3 nitrogen and oxygen atoms in total. The third-order valence-electron chi connectivity index (χ3n) is 2.92. The van der Waals surface area contributed by atoms with Gasteiger partial charge in [-0.2, -0.15) is 0 Å². The molecule has 0 fully saturated rings. The van der Waals surface area contributed by atoms with Crippen molar-refractivity contribution >= 4 is 22.1 Å². The van der Waals surface area contributed by atoms with Gasteiger partial charge in [0.2, 0.25) is 0 Å². The summed E-state index contributed by atoms with van der Waals surface area (Å²) in [5, 5.41) is 0. The molecule has 0 bridgehead atoms. The summed E-state index contributed by atoms with van der Waals surface area (Å²) in [4.78, 5) is 9.49. The van der Waals surface area contributed by atoms with Crippen molar-refractivity contribution in [1.29, 1.82) is 0 Å². The monoisotopic (exact) mass is 298 g/mol. The van der Waals surface area contributed by atoms with Crippen molar-refractivity contribution in [3.8, 4) is 5.75 Å². The van der Waals surface area contributed by atoms with Gasteiger partial charge in [0.15, 0.2) is 0 Å². The third kappa shape index (κ3) is 4.97. The lowest BCUT2D eigenvalue weighted by molar-refractivity contribution is 0.394. The molecule has 106 valence electrons. The average Bonchev–Trinajstić information content (AvgIpc) is 2.11. The molecule has 0 aromatic heterocycles. The summed E-state index contributed by atoms with van der Waals surface area (Å²) in [6.45, 7) is 12.7. The lowest BCUT2D eigenvalue weighted by Gasteiger charge is -2.27. The Labute approximate surface area is 123 Å². The molecule has 0 spiro atoms. The molecule has 5 heteroatoms. The predicted molar refractivity (Wildman–Crippen MR) is 82.8 cm³/mol. The standard InChI is InChI=1S/C14H21O3P.Al.2H/c1-13(2,3)10-7-8-12(17-18(15)16)11(9-10)14(4,5)6;;;/h7-9H,1-6H3;;;/q;-1;;/p+1. The predicted octanol–water partition coefficient (Wildman–Crippen LogP) is 3.39. The Morgan fingerprint density at radius 1 is 1.11 bits per heavy atom. The molecule has 1 aromatic rings. The molecule has 1 aromatic carbocycles. The van der Waals surface area contributed by atoms with Crippen LogP contribution in [0.1, 0.15) is 52.7 Å². The van der Waals surface area contributed by atoms with Gasteiger partial charge in [0.05, 0.1) is 0 Å². The molecule has 0 aliphatic carbocycles. The Morgan fingerprint density at radius 3 is 2.00 bits per heavy atom. The smallest absolute Gasteiger partial charge is 0.423 e. The first-order chi connectivity index (χ1) is 8.31. The Morgan fingerprint density at radius 2 is 1.63 bits per heavy atom. The molecular weight excluding hydrogens is 274 g/mol. The fourth-order valence-electron chi connectivity index (χ4n) is 1.84. The summed E-state index contributed by atoms with van der Waals surface area (Å²) in [7, 11) is 0. The van der Waals surface area contributed by atoms with E-state index in [1.807, 2.05) is 12.1 Å². The Bertz CT molecular complexity index is 506. The van der Waals surface area contributed by atoms with E-state index in [-0.39, 0.29) is 26.7 Å². The molecule has 1 atom stereocenters. The number of rotatable bonds is 2. The highest BCUT2D eigenvalue weighted by Gasteiger charge is 2.25. The summed E-state index contributed by atoms with van der Waals surface area (Å²) >= 11 is 0.126. The van der Waals surface area contributed by atoms with Crippen LogP contribution in [0.2, 0.25) is 0 Å². The maximum Gasteiger partial charge on any atom is 0.423 e. The van der Waals surface area contributed by atoms with E-state index in [1.165, 1.54) is 5.56 Å².